The highest BCUT2D eigenvalue weighted by atomic mass is 35.5. The van der Waals surface area contributed by atoms with E-state index in [2.05, 4.69) is 92.9 Å². The number of hydrogen-bond acceptors (Lipinski definition) is 22. The molecule has 4 heterocycles. The van der Waals surface area contributed by atoms with Gasteiger partial charge in [0.1, 0.15) is 28.1 Å². The van der Waals surface area contributed by atoms with Crippen LogP contribution in [0, 0.1) is 87.4 Å². The summed E-state index contributed by atoms with van der Waals surface area (Å²) in [5, 5.41) is 42.2. The lowest BCUT2D eigenvalue weighted by atomic mass is 9.81. The Balaban J connectivity index is 0.000000938. The molecule has 0 spiro atoms. The van der Waals surface area contributed by atoms with Crippen molar-refractivity contribution in [2.45, 2.75) is 256 Å². The normalized spacial score (nSPS) is 16.4. The number of nitriles is 1. The molecular weight excluding hydrogens is 1730 g/mol. The number of likely N-dealkylation sites (N-methyl/N-ethyl adjacent to an activating group) is 2. The van der Waals surface area contributed by atoms with Crippen LogP contribution in [-0.4, -0.2) is 287 Å². The van der Waals surface area contributed by atoms with Crippen LogP contribution in [0.15, 0.2) is 109 Å². The molecular formula is C100H163ClFN18O12P-2. The fraction of sp³-hybridized carbons (Fsp3) is 0.650. The largest absolute Gasteiger partial charge is 1.27 e. The van der Waals surface area contributed by atoms with Crippen LogP contribution in [0.2, 0.25) is 0 Å². The number of amides is 4. The first kappa shape index (κ1) is 122. The standard InChI is InChI=1S/C39H64N4O6.C35H57N3O6.C9H11N5.C8H19N.C6H5N3.C3H6N2.ClH.FP/c1-12-26(4)37(42(9)38(46)31(25(2)3)23-35(40)41(7)8)34(48-10)24-36(45)43-20-16-19-32(43)27(5)28(6)33(44)22-30(39(47)49-11)21-29-17-14-13-15-18-29;1-10-23(4)33(37(7)34(41)32(36)22(2)3)30(43-8)21-31(40)38-18-14-17-28(38)24(5)25(6)29(39)20-27(35(42)44-9)19-26-15-12-11-13-16-26;1-13(2)9(10)14-8-6-4-3-5-7(8)11-12-14;1-6-9(7(2)3)8(4)5;1-2-4-6-5(3-1)7-9-8-6;1-5(2)3-4;;1-2/h13-15,17-18,25-28,30-32,34,37,40H,12,16,19-24H2,1-11H3;11-13,15-16,22-25,27-28,30,32-33H,10,14,17-21,36H2,1-9H3;3-6,10H,1-2H3;7-8H,6H2,1-5H3;1-4H,(H,7,8,9);1-2H3;1H;/q;;;;;;;-2/t26-,27+,28+,30+,31-,32-,34+,37-;23-,24+,25+,27+,28-,30+,32-,33-;;;;;;/m00....../s1. The van der Waals surface area contributed by atoms with Gasteiger partial charge in [0.05, 0.1) is 80.6 Å². The third-order valence-corrected chi connectivity index (χ3v) is 26.0. The van der Waals surface area contributed by atoms with Crippen molar-refractivity contribution >= 4 is 103 Å². The minimum Gasteiger partial charge on any atom is -1.27 e. The van der Waals surface area contributed by atoms with Crippen molar-refractivity contribution in [1.82, 2.24) is 69.6 Å². The van der Waals surface area contributed by atoms with Gasteiger partial charge in [-0.2, -0.15) is 25.4 Å². The van der Waals surface area contributed by atoms with E-state index in [1.165, 1.54) is 23.8 Å². The summed E-state index contributed by atoms with van der Waals surface area (Å²) in [6.45, 7) is 37.6. The maximum atomic E-state index is 14.1. The molecule has 30 nitrogen and oxygen atoms in total. The third-order valence-electron chi connectivity index (χ3n) is 26.0. The molecule has 2 fully saturated rings. The number of esters is 2. The number of aromatic amines is 1. The van der Waals surface area contributed by atoms with Gasteiger partial charge in [0, 0.05) is 145 Å². The second kappa shape index (κ2) is 63.0. The number of hydrogen-bond donors (Lipinski definition) is 4. The fourth-order valence-electron chi connectivity index (χ4n) is 17.2. The Labute approximate surface area is 803 Å². The van der Waals surface area contributed by atoms with Crippen LogP contribution in [0.4, 0.5) is 4.20 Å². The van der Waals surface area contributed by atoms with Crippen molar-refractivity contribution in [3.63, 3.8) is 0 Å². The smallest absolute Gasteiger partial charge is 0.309 e. The number of benzene rings is 4. The highest BCUT2D eigenvalue weighted by molar-refractivity contribution is 7.09. The first-order chi connectivity index (χ1) is 62.4. The van der Waals surface area contributed by atoms with Gasteiger partial charge in [-0.1, -0.05) is 193 Å². The van der Waals surface area contributed by atoms with E-state index in [0.29, 0.717) is 56.2 Å². The number of ketones is 2. The zero-order valence-electron chi connectivity index (χ0n) is 85.2. The number of nitrogens with zero attached hydrogens (tertiary/aromatic N) is 14. The molecule has 5 N–H and O–H groups in total. The SMILES string of the molecule is CCN(C(C)C)C(C)C.CC[C@H](C)[C@@H]([C@@H](CC(=O)N1CCC[C@H]1[C@H](C)[C@@H](C)C(=O)C[C@@H](Cc1ccccc1)C(=O)OC)OC)N(C)C(=O)[C@@H](CC(=N)N(C)C)C(C)C.CC[C@H](C)[C@@H]([C@@H](CC(=O)N1CCC[C@H]1[C@H](C)[C@@H](C)C(=O)C[C@@H](Cc1ccccc1)C(=O)OC)OC)N(C)C(=O)[C@@H](N)C(C)C.CN(C)C#N.CN(C)C(=N)n1nnc2ccccc21.Cl.F[P-2].c1ccc2n[nH]nc2c1. The van der Waals surface area contributed by atoms with Crippen LogP contribution < -0.4 is 5.73 Å². The van der Waals surface area contributed by atoms with Crippen LogP contribution in [0.3, 0.4) is 0 Å². The van der Waals surface area contributed by atoms with Gasteiger partial charge >= 0.3 is 11.9 Å². The fourth-order valence-corrected chi connectivity index (χ4v) is 17.2. The van der Waals surface area contributed by atoms with Gasteiger partial charge in [-0.15, -0.1) is 17.5 Å². The van der Waals surface area contributed by atoms with Gasteiger partial charge in [0.25, 0.3) is 0 Å². The highest BCUT2D eigenvalue weighted by Crippen LogP contribution is 2.36. The molecule has 16 atom stereocenters. The number of methoxy groups -OCH3 is 4. The number of aromatic nitrogens is 6. The Hall–Kier alpha value is -9.44. The lowest BCUT2D eigenvalue weighted by Crippen LogP contribution is -2.56. The predicted octanol–water partition coefficient (Wildman–Crippen LogP) is 15.8. The maximum Gasteiger partial charge on any atom is 0.309 e. The Kier molecular flexibility index (Phi) is 57.6. The van der Waals surface area contributed by atoms with Gasteiger partial charge < -0.3 is 72.7 Å². The second-order valence-electron chi connectivity index (χ2n) is 36.9. The Bertz CT molecular complexity index is 4420. The number of Topliss-reactive ketones (excluding diaryl/α,β-unsaturated/α-hetero) is 2. The van der Waals surface area contributed by atoms with E-state index in [0.717, 1.165) is 78.3 Å². The number of halogens is 2. The molecule has 2 aliphatic heterocycles. The minimum atomic E-state index is -0.630. The lowest BCUT2D eigenvalue weighted by molar-refractivity contribution is -0.148. The van der Waals surface area contributed by atoms with Gasteiger partial charge in [0.2, 0.25) is 29.6 Å². The molecule has 2 aliphatic rings. The molecule has 746 valence electrons. The number of rotatable bonds is 39. The molecule has 0 unspecified atom stereocenters. The first-order valence-corrected chi connectivity index (χ1v) is 47.0. The average Bonchev–Trinajstić information content (AvgIpc) is 1.77. The molecule has 2 saturated heterocycles. The van der Waals surface area contributed by atoms with Gasteiger partial charge in [0.15, 0.2) is 6.19 Å². The van der Waals surface area contributed by atoms with Gasteiger partial charge in [-0.25, -0.2) is 0 Å². The average molecular weight is 1890 g/mol. The predicted molar refractivity (Wildman–Crippen MR) is 532 cm³/mol. The molecule has 4 aromatic carbocycles. The van der Waals surface area contributed by atoms with Gasteiger partial charge in [-0.3, -0.25) is 54.1 Å². The Morgan fingerprint density at radius 2 is 0.917 bits per heavy atom. The molecule has 0 saturated carbocycles. The summed E-state index contributed by atoms with van der Waals surface area (Å²) in [6.07, 6.45) is 7.40. The third kappa shape index (κ3) is 38.3. The summed E-state index contributed by atoms with van der Waals surface area (Å²) in [6, 6.07) is 34.5. The molecule has 0 radical (unpaired) electrons. The monoisotopic (exact) mass is 1890 g/mol. The topological polar surface area (TPSA) is 369 Å². The van der Waals surface area contributed by atoms with Crippen LogP contribution in [0.1, 0.15) is 199 Å². The van der Waals surface area contributed by atoms with Crippen molar-refractivity contribution < 1.29 is 61.5 Å². The summed E-state index contributed by atoms with van der Waals surface area (Å²) < 4.78 is 32.7. The van der Waals surface area contributed by atoms with E-state index in [-0.39, 0.29) is 157 Å². The summed E-state index contributed by atoms with van der Waals surface area (Å²) in [7, 11) is 22.1. The van der Waals surface area contributed by atoms with Crippen molar-refractivity contribution in [2.75, 3.05) is 104 Å². The molecule has 133 heavy (non-hydrogen) atoms. The molecule has 2 aromatic heterocycles. The number of carbonyl (C=O) groups excluding carboxylic acids is 8. The maximum absolute atomic E-state index is 14.1. The first-order valence-electron chi connectivity index (χ1n) is 46.7. The van der Waals surface area contributed by atoms with Crippen molar-refractivity contribution in [3.8, 4) is 6.19 Å². The number of nitrogens with one attached hydrogen (secondary N) is 3. The summed E-state index contributed by atoms with van der Waals surface area (Å²) in [5.74, 6) is -2.58. The summed E-state index contributed by atoms with van der Waals surface area (Å²) in [5.41, 5.74) is 11.7. The Morgan fingerprint density at radius 3 is 1.24 bits per heavy atom. The molecule has 0 aliphatic carbocycles. The van der Waals surface area contributed by atoms with Crippen molar-refractivity contribution in [2.24, 2.45) is 70.8 Å². The second-order valence-corrected chi connectivity index (χ2v) is 36.9. The number of amidine groups is 1. The van der Waals surface area contributed by atoms with Crippen molar-refractivity contribution in [1.29, 1.82) is 16.1 Å². The summed E-state index contributed by atoms with van der Waals surface area (Å²) in [4.78, 5) is 122. The van der Waals surface area contributed by atoms with Crippen LogP contribution in [0.25, 0.3) is 22.1 Å². The highest BCUT2D eigenvalue weighted by Gasteiger charge is 2.45. The number of H-pyrrole nitrogens is 1. The number of fused-ring (bicyclic) bond motifs is 2. The van der Waals surface area contributed by atoms with Gasteiger partial charge in [-0.05, 0) is 144 Å². The van der Waals surface area contributed by atoms with Crippen LogP contribution in [-0.2, 0) is 70.1 Å². The van der Waals surface area contributed by atoms with Crippen molar-refractivity contribution in [3.05, 3.63) is 120 Å². The molecule has 0 bridgehead atoms. The molecule has 4 amide bonds. The zero-order chi connectivity index (χ0) is 100. The number of ether oxygens (including phenoxy) is 4. The quantitative estimate of drug-likeness (QED) is 0.00695. The number of para-hydroxylation sites is 3. The lowest BCUT2D eigenvalue weighted by Gasteiger charge is -2.41. The van der Waals surface area contributed by atoms with E-state index in [9.17, 15) is 42.6 Å². The van der Waals surface area contributed by atoms with E-state index in [4.69, 9.17) is 40.8 Å². The number of likely N-dealkylation sites (tertiary alicyclic amines) is 2. The number of nitrogens with two attached hydrogens (primary N) is 1. The number of carbonyl (C=O) groups is 8. The minimum absolute atomic E-state index is 0. The van der Waals surface area contributed by atoms with E-state index < -0.39 is 36.1 Å². The molecule has 33 heteroatoms. The van der Waals surface area contributed by atoms with Crippen LogP contribution in [0.5, 0.6) is 0 Å². The molecule has 8 rings (SSSR count). The Morgan fingerprint density at radius 1 is 0.541 bits per heavy atom. The van der Waals surface area contributed by atoms with E-state index >= 15 is 0 Å². The summed E-state index contributed by atoms with van der Waals surface area (Å²) >= 11 is 0. The zero-order valence-corrected chi connectivity index (χ0v) is 86.9. The van der Waals surface area contributed by atoms with E-state index in [1.54, 1.807) is 76.1 Å². The van der Waals surface area contributed by atoms with Crippen LogP contribution >= 0.6 is 22.0 Å². The molecule has 6 aromatic rings. The van der Waals surface area contributed by atoms with E-state index in [1.807, 2.05) is 204 Å².